The van der Waals surface area contributed by atoms with Crippen LogP contribution >= 0.6 is 0 Å². The highest BCUT2D eigenvalue weighted by atomic mass is 15.1. The average molecular weight is 153 g/mol. The van der Waals surface area contributed by atoms with E-state index >= 15 is 0 Å². The van der Waals surface area contributed by atoms with Crippen molar-refractivity contribution in [1.82, 2.24) is 4.90 Å². The minimum absolute atomic E-state index is 0.400. The number of hydrogen-bond donors (Lipinski definition) is 2. The Labute approximate surface area is 67.7 Å². The highest BCUT2D eigenvalue weighted by Gasteiger charge is 2.14. The molecular weight excluding hydrogens is 138 g/mol. The fraction of sp³-hybridized carbons (Fsp3) is 0.750. The summed E-state index contributed by atoms with van der Waals surface area (Å²) < 4.78 is 0. The number of nitrogens with zero attached hydrogens (tertiary/aromatic N) is 1. The van der Waals surface area contributed by atoms with Crippen molar-refractivity contribution in [2.45, 2.75) is 18.9 Å². The van der Waals surface area contributed by atoms with Crippen LogP contribution in [-0.2, 0) is 0 Å². The Morgan fingerprint density at radius 1 is 1.36 bits per heavy atom. The summed E-state index contributed by atoms with van der Waals surface area (Å²) >= 11 is 0. The van der Waals surface area contributed by atoms with Crippen molar-refractivity contribution in [3.8, 4) is 12.0 Å². The molecule has 0 saturated carbocycles. The first-order valence-electron chi connectivity index (χ1n) is 3.99. The third-order valence-corrected chi connectivity index (χ3v) is 2.04. The second-order valence-electron chi connectivity index (χ2n) is 2.93. The van der Waals surface area contributed by atoms with E-state index < -0.39 is 0 Å². The molecule has 1 aliphatic rings. The van der Waals surface area contributed by atoms with Gasteiger partial charge in [-0.05, 0) is 12.8 Å². The molecular formula is C8H15N3. The molecule has 1 aliphatic heterocycles. The van der Waals surface area contributed by atoms with Gasteiger partial charge in [0.05, 0.1) is 6.54 Å². The summed E-state index contributed by atoms with van der Waals surface area (Å²) in [5.74, 6) is 2.85. The van der Waals surface area contributed by atoms with Gasteiger partial charge in [-0.15, -0.1) is 0 Å². The van der Waals surface area contributed by atoms with E-state index in [1.165, 1.54) is 0 Å². The standard InChI is InChI=1S/C8H15N3/c9-4-1-5-11-6-2-8(10)3-7-11/h8H,2-3,5-7,9-10H2. The Morgan fingerprint density at radius 2 is 2.00 bits per heavy atom. The second kappa shape index (κ2) is 4.22. The molecule has 4 N–H and O–H groups in total. The molecule has 0 spiro atoms. The van der Waals surface area contributed by atoms with Gasteiger partial charge in [-0.25, -0.2) is 0 Å². The number of hydrogen-bond acceptors (Lipinski definition) is 3. The molecule has 0 bridgehead atoms. The Balaban J connectivity index is 2.20. The zero-order chi connectivity index (χ0) is 8.10. The molecule has 0 aromatic rings. The van der Waals surface area contributed by atoms with Crippen LogP contribution in [-0.4, -0.2) is 30.6 Å². The molecule has 3 nitrogen and oxygen atoms in total. The SMILES string of the molecule is NC#CCN1CCC(N)CC1. The summed E-state index contributed by atoms with van der Waals surface area (Å²) in [5, 5.41) is 0. The van der Waals surface area contributed by atoms with Crippen LogP contribution in [0.3, 0.4) is 0 Å². The van der Waals surface area contributed by atoms with Crippen LogP contribution in [0.5, 0.6) is 0 Å². The van der Waals surface area contributed by atoms with Gasteiger partial charge in [0.25, 0.3) is 0 Å². The van der Waals surface area contributed by atoms with Crippen molar-refractivity contribution >= 4 is 0 Å². The van der Waals surface area contributed by atoms with Crippen LogP contribution in [0.25, 0.3) is 0 Å². The molecule has 3 heteroatoms. The molecule has 1 saturated heterocycles. The lowest BCUT2D eigenvalue weighted by molar-refractivity contribution is 0.236. The molecule has 62 valence electrons. The van der Waals surface area contributed by atoms with Gasteiger partial charge in [0, 0.05) is 25.2 Å². The molecule has 0 aliphatic carbocycles. The summed E-state index contributed by atoms with van der Waals surface area (Å²) in [4.78, 5) is 2.28. The van der Waals surface area contributed by atoms with Crippen LogP contribution in [0.4, 0.5) is 0 Å². The summed E-state index contributed by atoms with van der Waals surface area (Å²) in [5.41, 5.74) is 10.8. The quantitative estimate of drug-likeness (QED) is 0.388. The van der Waals surface area contributed by atoms with Gasteiger partial charge in [0.1, 0.15) is 0 Å². The number of nitrogens with two attached hydrogens (primary N) is 2. The van der Waals surface area contributed by atoms with Crippen molar-refractivity contribution in [2.24, 2.45) is 11.5 Å². The first-order valence-corrected chi connectivity index (χ1v) is 3.99. The van der Waals surface area contributed by atoms with E-state index in [1.807, 2.05) is 0 Å². The van der Waals surface area contributed by atoms with Gasteiger partial charge in [-0.2, -0.15) is 0 Å². The summed E-state index contributed by atoms with van der Waals surface area (Å²) in [6.45, 7) is 2.93. The maximum atomic E-state index is 5.74. The number of rotatable bonds is 1. The van der Waals surface area contributed by atoms with E-state index in [2.05, 4.69) is 16.9 Å². The van der Waals surface area contributed by atoms with E-state index in [0.29, 0.717) is 6.04 Å². The zero-order valence-corrected chi connectivity index (χ0v) is 6.71. The molecule has 0 aromatic heterocycles. The summed E-state index contributed by atoms with van der Waals surface area (Å²) in [6.07, 6.45) is 2.18. The van der Waals surface area contributed by atoms with Crippen LogP contribution in [0.2, 0.25) is 0 Å². The maximum absolute atomic E-state index is 5.74. The summed E-state index contributed by atoms with van der Waals surface area (Å²) in [7, 11) is 0. The van der Waals surface area contributed by atoms with E-state index in [0.717, 1.165) is 32.5 Å². The van der Waals surface area contributed by atoms with E-state index in [1.54, 1.807) is 0 Å². The van der Waals surface area contributed by atoms with Crippen LogP contribution < -0.4 is 11.5 Å². The van der Waals surface area contributed by atoms with E-state index in [4.69, 9.17) is 11.5 Å². The average Bonchev–Trinajstić information content (AvgIpc) is 2.04. The minimum atomic E-state index is 0.400. The van der Waals surface area contributed by atoms with Crippen LogP contribution in [0, 0.1) is 12.0 Å². The van der Waals surface area contributed by atoms with Gasteiger partial charge >= 0.3 is 0 Å². The van der Waals surface area contributed by atoms with E-state index in [9.17, 15) is 0 Å². The van der Waals surface area contributed by atoms with Crippen LogP contribution in [0.15, 0.2) is 0 Å². The fourth-order valence-electron chi connectivity index (χ4n) is 1.27. The highest BCUT2D eigenvalue weighted by Crippen LogP contribution is 2.06. The van der Waals surface area contributed by atoms with Gasteiger partial charge < -0.3 is 11.5 Å². The lowest BCUT2D eigenvalue weighted by Crippen LogP contribution is -2.39. The molecule has 0 unspecified atom stereocenters. The topological polar surface area (TPSA) is 55.3 Å². The normalized spacial score (nSPS) is 20.8. The molecule has 1 rings (SSSR count). The Hall–Kier alpha value is -0.720. The second-order valence-corrected chi connectivity index (χ2v) is 2.93. The molecule has 0 atom stereocenters. The van der Waals surface area contributed by atoms with Crippen LogP contribution in [0.1, 0.15) is 12.8 Å². The highest BCUT2D eigenvalue weighted by molar-refractivity contribution is 4.97. The van der Waals surface area contributed by atoms with Crippen molar-refractivity contribution < 1.29 is 0 Å². The third-order valence-electron chi connectivity index (χ3n) is 2.04. The first-order chi connectivity index (χ1) is 5.33. The van der Waals surface area contributed by atoms with Gasteiger partial charge in [0.2, 0.25) is 0 Å². The van der Waals surface area contributed by atoms with Gasteiger partial charge in [0.15, 0.2) is 0 Å². The fourth-order valence-corrected chi connectivity index (χ4v) is 1.27. The van der Waals surface area contributed by atoms with Crippen molar-refractivity contribution in [1.29, 1.82) is 0 Å². The van der Waals surface area contributed by atoms with Crippen molar-refractivity contribution in [2.75, 3.05) is 19.6 Å². The molecule has 1 heterocycles. The van der Waals surface area contributed by atoms with Gasteiger partial charge in [-0.1, -0.05) is 5.92 Å². The lowest BCUT2D eigenvalue weighted by atomic mass is 10.1. The monoisotopic (exact) mass is 153 g/mol. The smallest absolute Gasteiger partial charge is 0.0619 e. The Morgan fingerprint density at radius 3 is 2.55 bits per heavy atom. The predicted octanol–water partition coefficient (Wildman–Crippen LogP) is -0.671. The molecule has 0 radical (unpaired) electrons. The molecule has 0 amide bonds. The maximum Gasteiger partial charge on any atom is 0.0619 e. The largest absolute Gasteiger partial charge is 0.359 e. The van der Waals surface area contributed by atoms with Gasteiger partial charge in [-0.3, -0.25) is 4.90 Å². The number of piperidine rings is 1. The predicted molar refractivity (Wildman–Crippen MR) is 45.6 cm³/mol. The lowest BCUT2D eigenvalue weighted by Gasteiger charge is -2.28. The molecule has 0 aromatic carbocycles. The van der Waals surface area contributed by atoms with Crippen molar-refractivity contribution in [3.05, 3.63) is 0 Å². The minimum Gasteiger partial charge on any atom is -0.359 e. The van der Waals surface area contributed by atoms with Crippen molar-refractivity contribution in [3.63, 3.8) is 0 Å². The zero-order valence-electron chi connectivity index (χ0n) is 6.71. The van der Waals surface area contributed by atoms with E-state index in [-0.39, 0.29) is 0 Å². The Kier molecular flexibility index (Phi) is 3.21. The third kappa shape index (κ3) is 2.79. The Bertz CT molecular complexity index is 160. The molecule has 1 fully saturated rings. The number of likely N-dealkylation sites (tertiary alicyclic amines) is 1. The molecule has 11 heavy (non-hydrogen) atoms. The summed E-state index contributed by atoms with van der Waals surface area (Å²) in [6, 6.07) is 2.80. The first kappa shape index (κ1) is 8.38.